The maximum atomic E-state index is 11.3. The van der Waals surface area contributed by atoms with Gasteiger partial charge < -0.3 is 10.1 Å². The first-order valence-corrected chi connectivity index (χ1v) is 7.04. The molecule has 0 aliphatic carbocycles. The lowest BCUT2D eigenvalue weighted by atomic mass is 10.1. The van der Waals surface area contributed by atoms with Crippen molar-refractivity contribution in [2.45, 2.75) is 6.92 Å². The summed E-state index contributed by atoms with van der Waals surface area (Å²) in [5, 5.41) is 15.8. The van der Waals surface area contributed by atoms with Crippen LogP contribution in [-0.4, -0.2) is 17.0 Å². The van der Waals surface area contributed by atoms with Crippen molar-refractivity contribution in [1.29, 1.82) is 0 Å². The Hall–Kier alpha value is -3.15. The number of aromatic nitrogens is 1. The zero-order valence-corrected chi connectivity index (χ0v) is 12.7. The minimum absolute atomic E-state index is 0.114. The van der Waals surface area contributed by atoms with Gasteiger partial charge in [0.15, 0.2) is 0 Å². The zero-order valence-electron chi connectivity index (χ0n) is 12.7. The number of nitrogens with one attached hydrogen (secondary N) is 1. The van der Waals surface area contributed by atoms with E-state index in [2.05, 4.69) is 10.3 Å². The van der Waals surface area contributed by atoms with Crippen molar-refractivity contribution >= 4 is 28.0 Å². The Bertz CT molecular complexity index is 876. The molecule has 0 unspecified atom stereocenters. The third-order valence-electron chi connectivity index (χ3n) is 3.65. The van der Waals surface area contributed by atoms with Gasteiger partial charge in [-0.1, -0.05) is 6.07 Å². The lowest BCUT2D eigenvalue weighted by molar-refractivity contribution is -0.383. The van der Waals surface area contributed by atoms with E-state index in [-0.39, 0.29) is 10.6 Å². The molecule has 0 radical (unpaired) electrons. The summed E-state index contributed by atoms with van der Waals surface area (Å²) in [5.74, 6) is 1.34. The van der Waals surface area contributed by atoms with E-state index in [0.717, 1.165) is 11.4 Å². The fourth-order valence-corrected chi connectivity index (χ4v) is 2.50. The summed E-state index contributed by atoms with van der Waals surface area (Å²) in [6, 6.07) is 12.6. The smallest absolute Gasteiger partial charge is 0.280 e. The number of methoxy groups -OCH3 is 1. The van der Waals surface area contributed by atoms with Crippen molar-refractivity contribution in [2.24, 2.45) is 0 Å². The van der Waals surface area contributed by atoms with E-state index in [1.54, 1.807) is 32.4 Å². The van der Waals surface area contributed by atoms with E-state index in [4.69, 9.17) is 4.74 Å². The summed E-state index contributed by atoms with van der Waals surface area (Å²) in [7, 11) is 1.61. The van der Waals surface area contributed by atoms with E-state index < -0.39 is 0 Å². The number of nitro benzene ring substituents is 1. The molecule has 1 aromatic heterocycles. The number of pyridine rings is 1. The van der Waals surface area contributed by atoms with Crippen LogP contribution in [0.3, 0.4) is 0 Å². The van der Waals surface area contributed by atoms with Gasteiger partial charge in [0.05, 0.1) is 17.4 Å². The topological polar surface area (TPSA) is 77.3 Å². The standard InChI is InChI=1S/C17H15N3O3/c1-11-3-8-15-14(16(11)20(21)22)9-10-18-17(15)19-12-4-6-13(23-2)7-5-12/h3-10H,1-2H3,(H,18,19). The Morgan fingerprint density at radius 2 is 1.83 bits per heavy atom. The lowest BCUT2D eigenvalue weighted by Crippen LogP contribution is -1.98. The van der Waals surface area contributed by atoms with Crippen molar-refractivity contribution in [2.75, 3.05) is 12.4 Å². The number of hydrogen-bond donors (Lipinski definition) is 1. The van der Waals surface area contributed by atoms with Gasteiger partial charge in [0.25, 0.3) is 5.69 Å². The van der Waals surface area contributed by atoms with Gasteiger partial charge in [-0.3, -0.25) is 10.1 Å². The quantitative estimate of drug-likeness (QED) is 0.577. The monoisotopic (exact) mass is 309 g/mol. The fourth-order valence-electron chi connectivity index (χ4n) is 2.50. The molecule has 3 rings (SSSR count). The largest absolute Gasteiger partial charge is 0.497 e. The second-order valence-corrected chi connectivity index (χ2v) is 5.10. The van der Waals surface area contributed by atoms with Gasteiger partial charge in [0.1, 0.15) is 11.6 Å². The summed E-state index contributed by atoms with van der Waals surface area (Å²) < 4.78 is 5.13. The number of benzene rings is 2. The predicted molar refractivity (Wildman–Crippen MR) is 89.4 cm³/mol. The maximum Gasteiger partial charge on any atom is 0.280 e. The van der Waals surface area contributed by atoms with Crippen LogP contribution in [0.4, 0.5) is 17.2 Å². The van der Waals surface area contributed by atoms with E-state index in [9.17, 15) is 10.1 Å². The molecule has 0 fully saturated rings. The molecule has 0 spiro atoms. The summed E-state index contributed by atoms with van der Waals surface area (Å²) in [5.41, 5.74) is 1.57. The molecule has 0 saturated carbocycles. The van der Waals surface area contributed by atoms with E-state index >= 15 is 0 Å². The molecular formula is C17H15N3O3. The van der Waals surface area contributed by atoms with Crippen LogP contribution in [0.5, 0.6) is 5.75 Å². The van der Waals surface area contributed by atoms with Crippen molar-refractivity contribution in [1.82, 2.24) is 4.98 Å². The summed E-state index contributed by atoms with van der Waals surface area (Å²) in [4.78, 5) is 15.3. The highest BCUT2D eigenvalue weighted by Crippen LogP contribution is 2.33. The first-order valence-electron chi connectivity index (χ1n) is 7.04. The van der Waals surface area contributed by atoms with Crippen molar-refractivity contribution < 1.29 is 9.66 Å². The van der Waals surface area contributed by atoms with Crippen LogP contribution >= 0.6 is 0 Å². The number of fused-ring (bicyclic) bond motifs is 1. The average molecular weight is 309 g/mol. The van der Waals surface area contributed by atoms with Gasteiger partial charge in [-0.25, -0.2) is 4.98 Å². The van der Waals surface area contributed by atoms with Gasteiger partial charge >= 0.3 is 0 Å². The number of nitro groups is 1. The number of hydrogen-bond acceptors (Lipinski definition) is 5. The molecule has 6 heteroatoms. The van der Waals surface area contributed by atoms with Crippen LogP contribution in [0, 0.1) is 17.0 Å². The molecule has 1 N–H and O–H groups in total. The Morgan fingerprint density at radius 3 is 2.48 bits per heavy atom. The molecule has 0 bridgehead atoms. The van der Waals surface area contributed by atoms with E-state index in [1.807, 2.05) is 30.3 Å². The van der Waals surface area contributed by atoms with Crippen molar-refractivity contribution in [3.63, 3.8) is 0 Å². The molecule has 0 aliphatic heterocycles. The predicted octanol–water partition coefficient (Wildman–Crippen LogP) is 4.20. The van der Waals surface area contributed by atoms with E-state index in [1.165, 1.54) is 0 Å². The Balaban J connectivity index is 2.07. The molecule has 2 aromatic carbocycles. The number of ether oxygens (including phenoxy) is 1. The lowest BCUT2D eigenvalue weighted by Gasteiger charge is -2.10. The molecule has 23 heavy (non-hydrogen) atoms. The second kappa shape index (κ2) is 5.92. The fraction of sp³-hybridized carbons (Fsp3) is 0.118. The molecule has 116 valence electrons. The van der Waals surface area contributed by atoms with Gasteiger partial charge in [-0.15, -0.1) is 0 Å². The summed E-state index contributed by atoms with van der Waals surface area (Å²) in [6.07, 6.45) is 1.57. The Morgan fingerprint density at radius 1 is 1.09 bits per heavy atom. The van der Waals surface area contributed by atoms with Crippen LogP contribution in [0.25, 0.3) is 10.8 Å². The van der Waals surface area contributed by atoms with Crippen LogP contribution < -0.4 is 10.1 Å². The molecule has 0 amide bonds. The summed E-state index contributed by atoms with van der Waals surface area (Å²) in [6.45, 7) is 1.73. The number of rotatable bonds is 4. The molecular weight excluding hydrogens is 294 g/mol. The molecule has 0 aliphatic rings. The highest BCUT2D eigenvalue weighted by Gasteiger charge is 2.17. The highest BCUT2D eigenvalue weighted by molar-refractivity contribution is 5.99. The maximum absolute atomic E-state index is 11.3. The van der Waals surface area contributed by atoms with Gasteiger partial charge in [0.2, 0.25) is 0 Å². The van der Waals surface area contributed by atoms with Gasteiger partial charge in [0, 0.05) is 22.8 Å². The molecule has 1 heterocycles. The van der Waals surface area contributed by atoms with Crippen LogP contribution in [0.15, 0.2) is 48.7 Å². The number of aryl methyl sites for hydroxylation is 1. The first kappa shape index (κ1) is 14.8. The van der Waals surface area contributed by atoms with Gasteiger partial charge in [-0.05, 0) is 43.3 Å². The summed E-state index contributed by atoms with van der Waals surface area (Å²) >= 11 is 0. The zero-order chi connectivity index (χ0) is 16.4. The molecule has 0 saturated heterocycles. The number of anilines is 2. The average Bonchev–Trinajstić information content (AvgIpc) is 2.55. The van der Waals surface area contributed by atoms with E-state index in [0.29, 0.717) is 22.2 Å². The minimum Gasteiger partial charge on any atom is -0.497 e. The SMILES string of the molecule is COc1ccc(Nc2nccc3c([N+](=O)[O-])c(C)ccc23)cc1. The molecule has 6 nitrogen and oxygen atoms in total. The Kier molecular flexibility index (Phi) is 3.80. The van der Waals surface area contributed by atoms with Crippen molar-refractivity contribution in [3.8, 4) is 5.75 Å². The van der Waals surface area contributed by atoms with Crippen LogP contribution in [0.2, 0.25) is 0 Å². The third-order valence-corrected chi connectivity index (χ3v) is 3.65. The van der Waals surface area contributed by atoms with Gasteiger partial charge in [-0.2, -0.15) is 0 Å². The second-order valence-electron chi connectivity index (χ2n) is 5.10. The minimum atomic E-state index is -0.352. The number of nitrogens with zero attached hydrogens (tertiary/aromatic N) is 2. The normalized spacial score (nSPS) is 10.5. The van der Waals surface area contributed by atoms with Crippen molar-refractivity contribution in [3.05, 3.63) is 64.3 Å². The van der Waals surface area contributed by atoms with Crippen LogP contribution in [0.1, 0.15) is 5.56 Å². The van der Waals surface area contributed by atoms with Crippen LogP contribution in [-0.2, 0) is 0 Å². The molecule has 3 aromatic rings. The first-order chi connectivity index (χ1) is 11.1. The Labute approximate surface area is 132 Å². The third kappa shape index (κ3) is 2.78. The molecule has 0 atom stereocenters. The highest BCUT2D eigenvalue weighted by atomic mass is 16.6.